The molecule has 34 heavy (non-hydrogen) atoms. The van der Waals surface area contributed by atoms with Crippen LogP contribution in [0.1, 0.15) is 64.0 Å². The number of esters is 1. The van der Waals surface area contributed by atoms with Gasteiger partial charge in [0.25, 0.3) is 0 Å². The second-order valence-electron chi connectivity index (χ2n) is 10.0. The molecule has 0 atom stereocenters. The van der Waals surface area contributed by atoms with Crippen LogP contribution in [0.3, 0.4) is 0 Å². The molecule has 4 rings (SSSR count). The third kappa shape index (κ3) is 6.97. The maximum Gasteiger partial charge on any atom is 0.306 e. The molecule has 0 amide bonds. The van der Waals surface area contributed by atoms with Gasteiger partial charge >= 0.3 is 5.97 Å². The molecule has 180 valence electrons. The van der Waals surface area contributed by atoms with Gasteiger partial charge in [-0.1, -0.05) is 25.0 Å². The molecule has 0 spiro atoms. The van der Waals surface area contributed by atoms with Crippen molar-refractivity contribution in [1.29, 1.82) is 0 Å². The van der Waals surface area contributed by atoms with Gasteiger partial charge in [0.2, 0.25) is 0 Å². The molecular formula is C29H35NO4. The minimum Gasteiger partial charge on any atom is -0.464 e. The van der Waals surface area contributed by atoms with Crippen molar-refractivity contribution in [2.24, 2.45) is 0 Å². The Kier molecular flexibility index (Phi) is 7.73. The number of hydrogen-bond donors (Lipinski definition) is 0. The third-order valence-corrected chi connectivity index (χ3v) is 5.87. The molecule has 5 heteroatoms. The number of hydrogen-bond acceptors (Lipinski definition) is 5. The summed E-state index contributed by atoms with van der Waals surface area (Å²) in [6, 6.07) is 16.9. The van der Waals surface area contributed by atoms with Crippen molar-refractivity contribution in [1.82, 2.24) is 4.90 Å². The van der Waals surface area contributed by atoms with Crippen molar-refractivity contribution >= 4 is 27.9 Å². The molecule has 0 bridgehead atoms. The zero-order chi connectivity index (χ0) is 24.0. The van der Waals surface area contributed by atoms with E-state index in [1.807, 2.05) is 32.9 Å². The van der Waals surface area contributed by atoms with Gasteiger partial charge in [-0.3, -0.25) is 9.69 Å². The highest BCUT2D eigenvalue weighted by molar-refractivity contribution is 5.78. The molecule has 0 unspecified atom stereocenters. The van der Waals surface area contributed by atoms with Crippen LogP contribution < -0.4 is 0 Å². The van der Waals surface area contributed by atoms with Crippen LogP contribution in [0.15, 0.2) is 69.9 Å². The molecule has 4 aromatic rings. The monoisotopic (exact) mass is 461 g/mol. The molecule has 0 aliphatic carbocycles. The van der Waals surface area contributed by atoms with Crippen LogP contribution in [0.5, 0.6) is 0 Å². The zero-order valence-electron chi connectivity index (χ0n) is 20.5. The Bertz CT molecular complexity index is 1140. The number of ether oxygens (including phenoxy) is 1. The minimum atomic E-state index is -0.406. The highest BCUT2D eigenvalue weighted by Gasteiger charge is 2.15. The first kappa shape index (κ1) is 24.1. The lowest BCUT2D eigenvalue weighted by atomic mass is 10.1. The molecule has 2 aromatic heterocycles. The van der Waals surface area contributed by atoms with Crippen molar-refractivity contribution in [3.05, 3.63) is 72.2 Å². The van der Waals surface area contributed by atoms with Crippen molar-refractivity contribution in [3.8, 4) is 0 Å². The minimum absolute atomic E-state index is 0.0987. The van der Waals surface area contributed by atoms with Gasteiger partial charge in [0.1, 0.15) is 16.8 Å². The number of fused-ring (bicyclic) bond motifs is 2. The smallest absolute Gasteiger partial charge is 0.306 e. The van der Waals surface area contributed by atoms with E-state index in [2.05, 4.69) is 41.3 Å². The van der Waals surface area contributed by atoms with E-state index >= 15 is 0 Å². The summed E-state index contributed by atoms with van der Waals surface area (Å²) in [7, 11) is 0. The van der Waals surface area contributed by atoms with Crippen LogP contribution >= 0.6 is 0 Å². The summed E-state index contributed by atoms with van der Waals surface area (Å²) in [5.74, 6) is -0.0987. The van der Waals surface area contributed by atoms with E-state index in [1.54, 1.807) is 12.5 Å². The predicted molar refractivity (Wildman–Crippen MR) is 135 cm³/mol. The van der Waals surface area contributed by atoms with Crippen molar-refractivity contribution in [2.45, 2.75) is 71.6 Å². The lowest BCUT2D eigenvalue weighted by Crippen LogP contribution is -2.24. The first-order valence-corrected chi connectivity index (χ1v) is 12.2. The van der Waals surface area contributed by atoms with E-state index < -0.39 is 5.60 Å². The second kappa shape index (κ2) is 10.9. The molecule has 5 nitrogen and oxygen atoms in total. The van der Waals surface area contributed by atoms with E-state index in [0.717, 1.165) is 67.3 Å². The van der Waals surface area contributed by atoms with E-state index in [1.165, 1.54) is 11.1 Å². The number of unbranched alkanes of at least 4 members (excludes halogenated alkanes) is 3. The van der Waals surface area contributed by atoms with Crippen molar-refractivity contribution in [3.63, 3.8) is 0 Å². The molecule has 2 aromatic carbocycles. The largest absolute Gasteiger partial charge is 0.464 e. The molecule has 0 radical (unpaired) electrons. The lowest BCUT2D eigenvalue weighted by molar-refractivity contribution is -0.154. The van der Waals surface area contributed by atoms with Gasteiger partial charge in [-0.25, -0.2) is 0 Å². The third-order valence-electron chi connectivity index (χ3n) is 5.87. The first-order chi connectivity index (χ1) is 16.4. The Morgan fingerprint density at radius 3 is 1.91 bits per heavy atom. The van der Waals surface area contributed by atoms with Gasteiger partial charge in [0, 0.05) is 30.3 Å². The summed E-state index contributed by atoms with van der Waals surface area (Å²) < 4.78 is 16.4. The highest BCUT2D eigenvalue weighted by Crippen LogP contribution is 2.22. The van der Waals surface area contributed by atoms with Gasteiger partial charge in [-0.15, -0.1) is 0 Å². The zero-order valence-corrected chi connectivity index (χ0v) is 20.5. The first-order valence-electron chi connectivity index (χ1n) is 12.2. The van der Waals surface area contributed by atoms with Gasteiger partial charge in [-0.2, -0.15) is 0 Å². The fraction of sp³-hybridized carbons (Fsp3) is 0.414. The van der Waals surface area contributed by atoms with Gasteiger partial charge in [-0.05, 0) is 87.7 Å². The molecular weight excluding hydrogens is 426 g/mol. The quantitative estimate of drug-likeness (QED) is 0.171. The summed E-state index contributed by atoms with van der Waals surface area (Å²) >= 11 is 0. The number of carbonyl (C=O) groups excluding carboxylic acids is 1. The van der Waals surface area contributed by atoms with Crippen LogP contribution in [-0.2, 0) is 22.6 Å². The van der Waals surface area contributed by atoms with E-state index in [9.17, 15) is 4.79 Å². The summed E-state index contributed by atoms with van der Waals surface area (Å²) in [5.41, 5.74) is 4.00. The number of furan rings is 2. The molecule has 0 saturated heterocycles. The Balaban J connectivity index is 1.32. The van der Waals surface area contributed by atoms with Crippen LogP contribution in [0.2, 0.25) is 0 Å². The van der Waals surface area contributed by atoms with Crippen molar-refractivity contribution < 1.29 is 18.4 Å². The van der Waals surface area contributed by atoms with E-state index in [4.69, 9.17) is 13.6 Å². The average molecular weight is 462 g/mol. The predicted octanol–water partition coefficient (Wildman–Crippen LogP) is 7.47. The molecule has 0 saturated carbocycles. The maximum atomic E-state index is 11.9. The Labute approximate surface area is 201 Å². The summed E-state index contributed by atoms with van der Waals surface area (Å²) in [6.07, 6.45) is 8.08. The van der Waals surface area contributed by atoms with Gasteiger partial charge in [0.05, 0.1) is 12.5 Å². The summed E-state index contributed by atoms with van der Waals surface area (Å²) in [6.45, 7) is 8.49. The Morgan fingerprint density at radius 1 is 0.794 bits per heavy atom. The van der Waals surface area contributed by atoms with E-state index in [0.29, 0.717) is 6.42 Å². The van der Waals surface area contributed by atoms with Crippen LogP contribution in [0.25, 0.3) is 21.9 Å². The number of rotatable bonds is 11. The molecule has 0 aliphatic heterocycles. The Hall–Kier alpha value is -3.05. The number of benzene rings is 2. The van der Waals surface area contributed by atoms with Crippen LogP contribution in [0, 0.1) is 0 Å². The van der Waals surface area contributed by atoms with Crippen LogP contribution in [-0.4, -0.2) is 23.0 Å². The fourth-order valence-corrected chi connectivity index (χ4v) is 4.31. The topological polar surface area (TPSA) is 55.8 Å². The molecule has 0 fully saturated rings. The molecule has 0 N–H and O–H groups in total. The standard InChI is InChI=1S/C29H35NO4/c1-29(2,3)34-28(31)8-6-4-5-7-15-30(20-22-9-11-26-24(18-22)13-16-32-26)21-23-10-12-27-25(19-23)14-17-33-27/h9-14,16-19H,4-8,15,20-21H2,1-3H3. The number of nitrogens with zero attached hydrogens (tertiary/aromatic N) is 1. The van der Waals surface area contributed by atoms with E-state index in [-0.39, 0.29) is 5.97 Å². The number of carbonyl (C=O) groups is 1. The normalized spacial score (nSPS) is 12.1. The highest BCUT2D eigenvalue weighted by atomic mass is 16.6. The Morgan fingerprint density at radius 2 is 1.35 bits per heavy atom. The van der Waals surface area contributed by atoms with Gasteiger partial charge in [0.15, 0.2) is 0 Å². The molecule has 0 aliphatic rings. The van der Waals surface area contributed by atoms with Gasteiger partial charge < -0.3 is 13.6 Å². The SMILES string of the molecule is CC(C)(C)OC(=O)CCCCCCN(Cc1ccc2occc2c1)Cc1ccc2occc2c1. The van der Waals surface area contributed by atoms with Crippen LogP contribution in [0.4, 0.5) is 0 Å². The summed E-state index contributed by atoms with van der Waals surface area (Å²) in [5, 5.41) is 2.28. The lowest BCUT2D eigenvalue weighted by Gasteiger charge is -2.23. The van der Waals surface area contributed by atoms with Crippen molar-refractivity contribution in [2.75, 3.05) is 6.54 Å². The second-order valence-corrected chi connectivity index (χ2v) is 10.0. The fourth-order valence-electron chi connectivity index (χ4n) is 4.31. The summed E-state index contributed by atoms with van der Waals surface area (Å²) in [4.78, 5) is 14.4. The maximum absolute atomic E-state index is 11.9. The molecule has 2 heterocycles. The average Bonchev–Trinajstić information content (AvgIpc) is 3.43.